The zero-order valence-corrected chi connectivity index (χ0v) is 13.3. The van der Waals surface area contributed by atoms with Crippen LogP contribution in [0.25, 0.3) is 0 Å². The SMILES string of the molecule is Cc1ccc(C(O)c2c(C)c(C)c(C)c(C)c2C)cc1. The minimum atomic E-state index is -0.548. The van der Waals surface area contributed by atoms with Gasteiger partial charge in [-0.25, -0.2) is 0 Å². The molecule has 0 spiro atoms. The van der Waals surface area contributed by atoms with E-state index in [1.807, 2.05) is 12.1 Å². The lowest BCUT2D eigenvalue weighted by Gasteiger charge is -2.23. The first-order chi connectivity index (χ1) is 9.34. The van der Waals surface area contributed by atoms with E-state index in [9.17, 15) is 5.11 Å². The summed E-state index contributed by atoms with van der Waals surface area (Å²) in [6.07, 6.45) is -0.548. The summed E-state index contributed by atoms with van der Waals surface area (Å²) in [4.78, 5) is 0. The fourth-order valence-electron chi connectivity index (χ4n) is 2.85. The first-order valence-corrected chi connectivity index (χ1v) is 7.16. The number of aryl methyl sites for hydroxylation is 1. The second kappa shape index (κ2) is 5.41. The summed E-state index contributed by atoms with van der Waals surface area (Å²) in [6, 6.07) is 8.14. The Labute approximate surface area is 122 Å². The van der Waals surface area contributed by atoms with Crippen molar-refractivity contribution in [2.24, 2.45) is 0 Å². The minimum Gasteiger partial charge on any atom is -0.384 e. The molecule has 20 heavy (non-hydrogen) atoms. The molecule has 1 heteroatoms. The highest BCUT2D eigenvalue weighted by Gasteiger charge is 2.19. The molecule has 1 N–H and O–H groups in total. The molecule has 0 aliphatic carbocycles. The fraction of sp³-hybridized carbons (Fsp3) is 0.368. The maximum atomic E-state index is 10.8. The summed E-state index contributed by atoms with van der Waals surface area (Å²) in [6.45, 7) is 12.7. The van der Waals surface area contributed by atoms with E-state index >= 15 is 0 Å². The highest BCUT2D eigenvalue weighted by atomic mass is 16.3. The van der Waals surface area contributed by atoms with Crippen LogP contribution in [0.15, 0.2) is 24.3 Å². The smallest absolute Gasteiger partial charge is 0.105 e. The molecule has 0 amide bonds. The normalized spacial score (nSPS) is 12.6. The molecule has 2 rings (SSSR count). The molecule has 2 aromatic rings. The van der Waals surface area contributed by atoms with Gasteiger partial charge in [0.25, 0.3) is 0 Å². The molecule has 0 aliphatic rings. The zero-order chi connectivity index (χ0) is 15.0. The van der Waals surface area contributed by atoms with Crippen molar-refractivity contribution in [1.82, 2.24) is 0 Å². The molecule has 0 heterocycles. The monoisotopic (exact) mass is 268 g/mol. The number of aliphatic hydroxyl groups excluding tert-OH is 1. The number of rotatable bonds is 2. The Balaban J connectivity index is 2.60. The third-order valence-electron chi connectivity index (χ3n) is 4.72. The summed E-state index contributed by atoms with van der Waals surface area (Å²) in [5, 5.41) is 10.8. The van der Waals surface area contributed by atoms with Crippen LogP contribution in [0.1, 0.15) is 50.6 Å². The van der Waals surface area contributed by atoms with Crippen LogP contribution in [-0.2, 0) is 0 Å². The molecule has 0 bridgehead atoms. The molecule has 0 aliphatic heterocycles. The molecule has 1 atom stereocenters. The van der Waals surface area contributed by atoms with Crippen LogP contribution in [-0.4, -0.2) is 5.11 Å². The zero-order valence-electron chi connectivity index (χ0n) is 13.3. The number of hydrogen-bond acceptors (Lipinski definition) is 1. The molecule has 1 nitrogen and oxygen atoms in total. The van der Waals surface area contributed by atoms with Gasteiger partial charge in [0.2, 0.25) is 0 Å². The Morgan fingerprint density at radius 3 is 1.50 bits per heavy atom. The lowest BCUT2D eigenvalue weighted by atomic mass is 9.85. The van der Waals surface area contributed by atoms with Crippen molar-refractivity contribution in [2.75, 3.05) is 0 Å². The number of benzene rings is 2. The van der Waals surface area contributed by atoms with Crippen LogP contribution >= 0.6 is 0 Å². The topological polar surface area (TPSA) is 20.2 Å². The van der Waals surface area contributed by atoms with Gasteiger partial charge in [-0.05, 0) is 80.5 Å². The predicted molar refractivity (Wildman–Crippen MR) is 85.4 cm³/mol. The minimum absolute atomic E-state index is 0.548. The Morgan fingerprint density at radius 2 is 1.05 bits per heavy atom. The number of hydrogen-bond donors (Lipinski definition) is 1. The Kier molecular flexibility index (Phi) is 4.01. The lowest BCUT2D eigenvalue weighted by molar-refractivity contribution is 0.218. The van der Waals surface area contributed by atoms with Gasteiger partial charge in [0, 0.05) is 0 Å². The average molecular weight is 268 g/mol. The maximum Gasteiger partial charge on any atom is 0.105 e. The van der Waals surface area contributed by atoms with Crippen LogP contribution in [0.4, 0.5) is 0 Å². The molecule has 0 saturated heterocycles. The van der Waals surface area contributed by atoms with Crippen molar-refractivity contribution >= 4 is 0 Å². The second-order valence-electron chi connectivity index (χ2n) is 5.85. The van der Waals surface area contributed by atoms with Gasteiger partial charge >= 0.3 is 0 Å². The molecule has 0 saturated carbocycles. The van der Waals surface area contributed by atoms with Crippen molar-refractivity contribution < 1.29 is 5.11 Å². The molecule has 106 valence electrons. The van der Waals surface area contributed by atoms with Crippen LogP contribution in [0.2, 0.25) is 0 Å². The van der Waals surface area contributed by atoms with Crippen molar-refractivity contribution in [3.63, 3.8) is 0 Å². The van der Waals surface area contributed by atoms with Gasteiger partial charge in [0.15, 0.2) is 0 Å². The Morgan fingerprint density at radius 1 is 0.650 bits per heavy atom. The van der Waals surface area contributed by atoms with E-state index < -0.39 is 6.10 Å². The molecule has 0 aromatic heterocycles. The second-order valence-corrected chi connectivity index (χ2v) is 5.85. The summed E-state index contributed by atoms with van der Waals surface area (Å²) in [5.41, 5.74) is 9.56. The van der Waals surface area contributed by atoms with E-state index in [4.69, 9.17) is 0 Å². The van der Waals surface area contributed by atoms with Gasteiger partial charge in [-0.1, -0.05) is 29.8 Å². The number of aliphatic hydroxyl groups is 1. The Bertz CT molecular complexity index is 607. The molecule has 2 aromatic carbocycles. The Hall–Kier alpha value is -1.60. The van der Waals surface area contributed by atoms with Crippen LogP contribution < -0.4 is 0 Å². The quantitative estimate of drug-likeness (QED) is 0.842. The highest BCUT2D eigenvalue weighted by molar-refractivity contribution is 5.52. The molecular weight excluding hydrogens is 244 g/mol. The van der Waals surface area contributed by atoms with Crippen molar-refractivity contribution in [1.29, 1.82) is 0 Å². The van der Waals surface area contributed by atoms with E-state index in [1.54, 1.807) is 0 Å². The summed E-state index contributed by atoms with van der Waals surface area (Å²) in [7, 11) is 0. The van der Waals surface area contributed by atoms with E-state index in [0.717, 1.165) is 11.1 Å². The summed E-state index contributed by atoms with van der Waals surface area (Å²) in [5.74, 6) is 0. The summed E-state index contributed by atoms with van der Waals surface area (Å²) >= 11 is 0. The van der Waals surface area contributed by atoms with Crippen molar-refractivity contribution in [3.8, 4) is 0 Å². The standard InChI is InChI=1S/C19H24O/c1-11-7-9-17(10-8-11)19(20)18-15(5)13(3)12(2)14(4)16(18)6/h7-10,19-20H,1-6H3. The fourth-order valence-corrected chi connectivity index (χ4v) is 2.85. The lowest BCUT2D eigenvalue weighted by Crippen LogP contribution is -2.09. The van der Waals surface area contributed by atoms with Crippen LogP contribution in [0.3, 0.4) is 0 Å². The van der Waals surface area contributed by atoms with Gasteiger partial charge in [-0.3, -0.25) is 0 Å². The van der Waals surface area contributed by atoms with Gasteiger partial charge in [0.05, 0.1) is 0 Å². The van der Waals surface area contributed by atoms with Crippen molar-refractivity contribution in [2.45, 2.75) is 47.6 Å². The van der Waals surface area contributed by atoms with Crippen molar-refractivity contribution in [3.05, 3.63) is 68.8 Å². The van der Waals surface area contributed by atoms with Gasteiger partial charge in [-0.2, -0.15) is 0 Å². The van der Waals surface area contributed by atoms with Crippen LogP contribution in [0.5, 0.6) is 0 Å². The molecule has 0 radical (unpaired) electrons. The molecule has 0 fully saturated rings. The maximum absolute atomic E-state index is 10.8. The van der Waals surface area contributed by atoms with E-state index in [0.29, 0.717) is 0 Å². The van der Waals surface area contributed by atoms with E-state index in [1.165, 1.54) is 33.4 Å². The first-order valence-electron chi connectivity index (χ1n) is 7.16. The van der Waals surface area contributed by atoms with Gasteiger partial charge in [-0.15, -0.1) is 0 Å². The largest absolute Gasteiger partial charge is 0.384 e. The summed E-state index contributed by atoms with van der Waals surface area (Å²) < 4.78 is 0. The third-order valence-corrected chi connectivity index (χ3v) is 4.72. The van der Waals surface area contributed by atoms with Crippen LogP contribution in [0, 0.1) is 41.5 Å². The van der Waals surface area contributed by atoms with E-state index in [-0.39, 0.29) is 0 Å². The molecule has 1 unspecified atom stereocenters. The highest BCUT2D eigenvalue weighted by Crippen LogP contribution is 2.33. The predicted octanol–water partition coefficient (Wildman–Crippen LogP) is 4.62. The van der Waals surface area contributed by atoms with Gasteiger partial charge < -0.3 is 5.11 Å². The van der Waals surface area contributed by atoms with E-state index in [2.05, 4.69) is 53.7 Å². The average Bonchev–Trinajstić information content (AvgIpc) is 2.44. The molecular formula is C19H24O. The third kappa shape index (κ3) is 2.38. The van der Waals surface area contributed by atoms with Gasteiger partial charge in [0.1, 0.15) is 6.10 Å². The first kappa shape index (κ1) is 14.8.